The Hall–Kier alpha value is -1.05. The van der Waals surface area contributed by atoms with Crippen LogP contribution in [0.1, 0.15) is 51.9 Å². The summed E-state index contributed by atoms with van der Waals surface area (Å²) in [6.07, 6.45) is 13.0. The molecule has 1 fully saturated rings. The molecule has 0 aromatic heterocycles. The first-order valence-corrected chi connectivity index (χ1v) is 6.81. The van der Waals surface area contributed by atoms with Crippen LogP contribution >= 0.6 is 0 Å². The molecule has 2 rings (SSSR count). The monoisotopic (exact) mass is 233 g/mol. The predicted molar refractivity (Wildman–Crippen MR) is 72.1 cm³/mol. The summed E-state index contributed by atoms with van der Waals surface area (Å²) in [5.41, 5.74) is 1.22. The van der Waals surface area contributed by atoms with E-state index in [-0.39, 0.29) is 6.10 Å². The van der Waals surface area contributed by atoms with Crippen molar-refractivity contribution in [2.75, 3.05) is 0 Å². The quantitative estimate of drug-likeness (QED) is 0.666. The summed E-state index contributed by atoms with van der Waals surface area (Å²) in [5, 5.41) is 0. The van der Waals surface area contributed by atoms with E-state index in [4.69, 9.17) is 4.74 Å². The lowest BCUT2D eigenvalue weighted by molar-refractivity contribution is 0.0970. The Kier molecular flexibility index (Phi) is 4.41. The van der Waals surface area contributed by atoms with Crippen LogP contribution in [0.15, 0.2) is 29.6 Å². The maximum atomic E-state index is 5.97. The standard InChI is InChI=1S/C15H23NO/c1-12(2)17-15(13-8-4-3-5-9-13)14-10-6-7-11-16-14/h7,11,13,15H,1,3-6,8-10H2,2H3. The first-order chi connectivity index (χ1) is 8.27. The molecule has 2 heteroatoms. The van der Waals surface area contributed by atoms with Gasteiger partial charge in [0.2, 0.25) is 0 Å². The smallest absolute Gasteiger partial charge is 0.139 e. The molecule has 1 aliphatic carbocycles. The van der Waals surface area contributed by atoms with E-state index in [1.165, 1.54) is 37.8 Å². The molecule has 0 aromatic rings. The average molecular weight is 233 g/mol. The van der Waals surface area contributed by atoms with Gasteiger partial charge in [0, 0.05) is 12.1 Å². The highest BCUT2D eigenvalue weighted by molar-refractivity contribution is 5.90. The second kappa shape index (κ2) is 6.04. The summed E-state index contributed by atoms with van der Waals surface area (Å²) in [6, 6.07) is 0. The Morgan fingerprint density at radius 2 is 2.18 bits per heavy atom. The minimum Gasteiger partial charge on any atom is -0.489 e. The summed E-state index contributed by atoms with van der Waals surface area (Å²) in [4.78, 5) is 4.53. The van der Waals surface area contributed by atoms with Crippen molar-refractivity contribution < 1.29 is 4.74 Å². The Balaban J connectivity index is 2.08. The Bertz CT molecular complexity index is 324. The van der Waals surface area contributed by atoms with Crippen LogP contribution in [0, 0.1) is 5.92 Å². The van der Waals surface area contributed by atoms with Crippen LogP contribution in [0.25, 0.3) is 0 Å². The first-order valence-electron chi connectivity index (χ1n) is 6.81. The van der Waals surface area contributed by atoms with Gasteiger partial charge in [-0.25, -0.2) is 0 Å². The van der Waals surface area contributed by atoms with Crippen LogP contribution in [0.5, 0.6) is 0 Å². The van der Waals surface area contributed by atoms with E-state index in [9.17, 15) is 0 Å². The maximum Gasteiger partial charge on any atom is 0.139 e. The molecule has 1 aliphatic heterocycles. The van der Waals surface area contributed by atoms with E-state index in [1.54, 1.807) is 0 Å². The van der Waals surface area contributed by atoms with Gasteiger partial charge in [-0.2, -0.15) is 0 Å². The zero-order valence-electron chi connectivity index (χ0n) is 10.8. The molecule has 0 bridgehead atoms. The van der Waals surface area contributed by atoms with Crippen molar-refractivity contribution >= 4 is 5.71 Å². The number of allylic oxidation sites excluding steroid dienone is 2. The molecular formula is C15H23NO. The van der Waals surface area contributed by atoms with Gasteiger partial charge in [0.25, 0.3) is 0 Å². The molecular weight excluding hydrogens is 210 g/mol. The van der Waals surface area contributed by atoms with Gasteiger partial charge in [-0.05, 0) is 32.6 Å². The van der Waals surface area contributed by atoms with Gasteiger partial charge in [0.05, 0.1) is 11.5 Å². The van der Waals surface area contributed by atoms with Crippen LogP contribution in [0.4, 0.5) is 0 Å². The number of rotatable bonds is 4. The van der Waals surface area contributed by atoms with Crippen LogP contribution in [-0.2, 0) is 4.74 Å². The second-order valence-corrected chi connectivity index (χ2v) is 5.18. The summed E-state index contributed by atoms with van der Waals surface area (Å²) >= 11 is 0. The van der Waals surface area contributed by atoms with Crippen molar-refractivity contribution in [2.24, 2.45) is 10.9 Å². The third-order valence-electron chi connectivity index (χ3n) is 3.65. The van der Waals surface area contributed by atoms with Gasteiger partial charge in [-0.1, -0.05) is 31.9 Å². The predicted octanol–water partition coefficient (Wildman–Crippen LogP) is 4.23. The Morgan fingerprint density at radius 3 is 2.76 bits per heavy atom. The van der Waals surface area contributed by atoms with Gasteiger partial charge in [-0.15, -0.1) is 0 Å². The largest absolute Gasteiger partial charge is 0.489 e. The molecule has 0 saturated heterocycles. The fraction of sp³-hybridized carbons (Fsp3) is 0.667. The highest BCUT2D eigenvalue weighted by atomic mass is 16.5. The molecule has 1 atom stereocenters. The molecule has 0 N–H and O–H groups in total. The lowest BCUT2D eigenvalue weighted by atomic mass is 9.82. The fourth-order valence-corrected chi connectivity index (χ4v) is 2.82. The molecule has 94 valence electrons. The zero-order chi connectivity index (χ0) is 12.1. The average Bonchev–Trinajstić information content (AvgIpc) is 2.38. The normalized spacial score (nSPS) is 23.0. The van der Waals surface area contributed by atoms with E-state index < -0.39 is 0 Å². The first kappa shape index (κ1) is 12.4. The number of aliphatic imine (C=N–C) groups is 1. The van der Waals surface area contributed by atoms with E-state index >= 15 is 0 Å². The lowest BCUT2D eigenvalue weighted by Crippen LogP contribution is -2.34. The number of ether oxygens (including phenoxy) is 1. The van der Waals surface area contributed by atoms with Crippen LogP contribution in [0.3, 0.4) is 0 Å². The van der Waals surface area contributed by atoms with Crippen molar-refractivity contribution in [2.45, 2.75) is 58.0 Å². The lowest BCUT2D eigenvalue weighted by Gasteiger charge is -2.32. The van der Waals surface area contributed by atoms with Gasteiger partial charge < -0.3 is 4.74 Å². The third kappa shape index (κ3) is 3.45. The molecule has 0 radical (unpaired) electrons. The zero-order valence-corrected chi connectivity index (χ0v) is 10.8. The molecule has 1 unspecified atom stereocenters. The number of nitrogens with zero attached hydrogens (tertiary/aromatic N) is 1. The SMILES string of the molecule is C=C(C)OC(C1=NC=CCC1)C1CCCCC1. The Labute approximate surface area is 104 Å². The Morgan fingerprint density at radius 1 is 1.41 bits per heavy atom. The molecule has 0 aromatic carbocycles. The summed E-state index contributed by atoms with van der Waals surface area (Å²) in [7, 11) is 0. The van der Waals surface area contributed by atoms with Gasteiger partial charge in [0.15, 0.2) is 0 Å². The highest BCUT2D eigenvalue weighted by Gasteiger charge is 2.29. The van der Waals surface area contributed by atoms with E-state index in [1.807, 2.05) is 13.1 Å². The molecule has 17 heavy (non-hydrogen) atoms. The second-order valence-electron chi connectivity index (χ2n) is 5.18. The van der Waals surface area contributed by atoms with E-state index in [2.05, 4.69) is 17.6 Å². The highest BCUT2D eigenvalue weighted by Crippen LogP contribution is 2.31. The summed E-state index contributed by atoms with van der Waals surface area (Å²) in [5.74, 6) is 1.46. The van der Waals surface area contributed by atoms with Crippen molar-refractivity contribution in [3.63, 3.8) is 0 Å². The van der Waals surface area contributed by atoms with Crippen molar-refractivity contribution in [1.82, 2.24) is 0 Å². The van der Waals surface area contributed by atoms with Gasteiger partial charge in [0.1, 0.15) is 6.10 Å². The summed E-state index contributed by atoms with van der Waals surface area (Å²) < 4.78 is 5.97. The van der Waals surface area contributed by atoms with Gasteiger partial charge >= 0.3 is 0 Å². The molecule has 2 aliphatic rings. The van der Waals surface area contributed by atoms with E-state index in [0.717, 1.165) is 18.6 Å². The molecule has 0 amide bonds. The fourth-order valence-electron chi connectivity index (χ4n) is 2.82. The van der Waals surface area contributed by atoms with E-state index in [0.29, 0.717) is 5.92 Å². The number of hydrogen-bond donors (Lipinski definition) is 0. The van der Waals surface area contributed by atoms with Crippen molar-refractivity contribution in [1.29, 1.82) is 0 Å². The minimum atomic E-state index is 0.178. The molecule has 0 spiro atoms. The van der Waals surface area contributed by atoms with Crippen LogP contribution < -0.4 is 0 Å². The topological polar surface area (TPSA) is 21.6 Å². The molecule has 1 saturated carbocycles. The number of hydrogen-bond acceptors (Lipinski definition) is 2. The molecule has 1 heterocycles. The third-order valence-corrected chi connectivity index (χ3v) is 3.65. The van der Waals surface area contributed by atoms with Crippen molar-refractivity contribution in [3.8, 4) is 0 Å². The minimum absolute atomic E-state index is 0.178. The maximum absolute atomic E-state index is 5.97. The molecule has 2 nitrogen and oxygen atoms in total. The van der Waals surface area contributed by atoms with Crippen LogP contribution in [0.2, 0.25) is 0 Å². The summed E-state index contributed by atoms with van der Waals surface area (Å²) in [6.45, 7) is 5.83. The van der Waals surface area contributed by atoms with Gasteiger partial charge in [-0.3, -0.25) is 4.99 Å². The van der Waals surface area contributed by atoms with Crippen LogP contribution in [-0.4, -0.2) is 11.8 Å². The van der Waals surface area contributed by atoms with Crippen molar-refractivity contribution in [3.05, 3.63) is 24.6 Å².